The van der Waals surface area contributed by atoms with Gasteiger partial charge in [0.25, 0.3) is 0 Å². The summed E-state index contributed by atoms with van der Waals surface area (Å²) in [7, 11) is 0. The van der Waals surface area contributed by atoms with Gasteiger partial charge in [-0.25, -0.2) is 4.79 Å². The number of hydrogen-bond donors (Lipinski definition) is 1. The maximum atomic E-state index is 12.0. The molecule has 2 aromatic carbocycles. The highest BCUT2D eigenvalue weighted by Gasteiger charge is 2.43. The van der Waals surface area contributed by atoms with Crippen molar-refractivity contribution in [3.63, 3.8) is 0 Å². The van der Waals surface area contributed by atoms with E-state index in [1.165, 1.54) is 5.56 Å². The van der Waals surface area contributed by atoms with Gasteiger partial charge in [0.1, 0.15) is 5.60 Å². The molecular weight excluding hydrogens is 390 g/mol. The lowest BCUT2D eigenvalue weighted by Gasteiger charge is -2.35. The Bertz CT molecular complexity index is 863. The van der Waals surface area contributed by atoms with E-state index in [1.807, 2.05) is 54.6 Å². The van der Waals surface area contributed by atoms with Crippen LogP contribution < -0.4 is 5.32 Å². The summed E-state index contributed by atoms with van der Waals surface area (Å²) in [5.41, 5.74) is 2.85. The Kier molecular flexibility index (Phi) is 6.02. The first kappa shape index (κ1) is 19.7. The quantitative estimate of drug-likeness (QED) is 0.798. The zero-order chi connectivity index (χ0) is 20.1. The number of amides is 1. The second kappa shape index (κ2) is 8.84. The minimum absolute atomic E-state index is 0.307. The van der Waals surface area contributed by atoms with Crippen molar-refractivity contribution in [3.8, 4) is 0 Å². The predicted molar refractivity (Wildman–Crippen MR) is 112 cm³/mol. The maximum Gasteiger partial charge on any atom is 0.426 e. The summed E-state index contributed by atoms with van der Waals surface area (Å²) in [6.45, 7) is 1.78. The zero-order valence-electron chi connectivity index (χ0n) is 16.1. The number of oxime groups is 1. The smallest absolute Gasteiger partial charge is 0.388 e. The van der Waals surface area contributed by atoms with Crippen LogP contribution in [-0.2, 0) is 16.1 Å². The van der Waals surface area contributed by atoms with E-state index in [2.05, 4.69) is 10.5 Å². The summed E-state index contributed by atoms with van der Waals surface area (Å²) in [5, 5.41) is 9.51. The van der Waals surface area contributed by atoms with E-state index in [4.69, 9.17) is 21.3 Å². The highest BCUT2D eigenvalue weighted by molar-refractivity contribution is 6.30. The fourth-order valence-electron chi connectivity index (χ4n) is 3.67. The molecule has 1 fully saturated rings. The zero-order valence-corrected chi connectivity index (χ0v) is 16.9. The topological polar surface area (TPSA) is 63.2 Å². The van der Waals surface area contributed by atoms with Gasteiger partial charge in [0, 0.05) is 43.9 Å². The molecule has 1 N–H and O–H groups in total. The Labute approximate surface area is 175 Å². The molecule has 29 heavy (non-hydrogen) atoms. The summed E-state index contributed by atoms with van der Waals surface area (Å²) in [6.07, 6.45) is 2.63. The highest BCUT2D eigenvalue weighted by Crippen LogP contribution is 2.36. The molecular formula is C22H24ClN3O3. The summed E-state index contributed by atoms with van der Waals surface area (Å²) < 4.78 is 0. The number of halogens is 1. The molecule has 2 aromatic rings. The van der Waals surface area contributed by atoms with Crippen LogP contribution in [0.25, 0.3) is 0 Å². The largest absolute Gasteiger partial charge is 0.426 e. The van der Waals surface area contributed by atoms with Crippen LogP contribution in [0.2, 0.25) is 5.02 Å². The molecule has 0 radical (unpaired) electrons. The third-order valence-electron chi connectivity index (χ3n) is 5.39. The molecule has 6 nitrogen and oxygen atoms in total. The number of carbonyl (C=O) groups is 1. The molecule has 0 bridgehead atoms. The van der Waals surface area contributed by atoms with Crippen LogP contribution in [0.5, 0.6) is 0 Å². The van der Waals surface area contributed by atoms with Gasteiger partial charge in [0.2, 0.25) is 0 Å². The number of nitrogens with zero attached hydrogens (tertiary/aromatic N) is 2. The number of piperidine rings is 1. The van der Waals surface area contributed by atoms with Crippen molar-refractivity contribution in [2.45, 2.75) is 31.3 Å². The van der Waals surface area contributed by atoms with E-state index in [0.717, 1.165) is 37.0 Å². The van der Waals surface area contributed by atoms with Gasteiger partial charge < -0.3 is 15.0 Å². The third-order valence-corrected chi connectivity index (χ3v) is 5.64. The van der Waals surface area contributed by atoms with E-state index in [9.17, 15) is 4.79 Å². The third kappa shape index (κ3) is 5.08. The van der Waals surface area contributed by atoms with Crippen molar-refractivity contribution in [1.82, 2.24) is 10.4 Å². The number of nitrogens with one attached hydrogen (secondary N) is 1. The average Bonchev–Trinajstić information content (AvgIpc) is 3.15. The van der Waals surface area contributed by atoms with Gasteiger partial charge in [-0.15, -0.1) is 5.06 Å². The molecule has 152 valence electrons. The lowest BCUT2D eigenvalue weighted by atomic mass is 9.86. The number of benzene rings is 2. The first-order valence-electron chi connectivity index (χ1n) is 9.88. The number of hydroxylamine groups is 2. The Morgan fingerprint density at radius 2 is 1.86 bits per heavy atom. The average molecular weight is 414 g/mol. The van der Waals surface area contributed by atoms with Gasteiger partial charge in [-0.2, -0.15) is 0 Å². The van der Waals surface area contributed by atoms with Crippen LogP contribution in [0.3, 0.4) is 0 Å². The van der Waals surface area contributed by atoms with Gasteiger partial charge in [-0.3, -0.25) is 0 Å². The summed E-state index contributed by atoms with van der Waals surface area (Å²) >= 11 is 5.96. The fourth-order valence-corrected chi connectivity index (χ4v) is 3.80. The highest BCUT2D eigenvalue weighted by atomic mass is 35.5. The molecule has 4 rings (SSSR count). The van der Waals surface area contributed by atoms with E-state index in [0.29, 0.717) is 24.7 Å². The second-order valence-electron chi connectivity index (χ2n) is 7.47. The summed E-state index contributed by atoms with van der Waals surface area (Å²) in [6, 6.07) is 17.7. The standard InChI is InChI=1S/C22H24ClN3O3/c23-19-8-6-18(7-9-19)20-16-22(29-25-20)11-14-26(15-12-22)28-21(27)24-13-10-17-4-2-1-3-5-17/h1-9H,10-16H2,(H,24,27). The van der Waals surface area contributed by atoms with Crippen molar-refractivity contribution >= 4 is 23.4 Å². The van der Waals surface area contributed by atoms with Gasteiger partial charge in [-0.1, -0.05) is 59.2 Å². The van der Waals surface area contributed by atoms with Gasteiger partial charge >= 0.3 is 6.09 Å². The first-order valence-corrected chi connectivity index (χ1v) is 10.3. The van der Waals surface area contributed by atoms with Crippen molar-refractivity contribution < 1.29 is 14.5 Å². The predicted octanol–water partition coefficient (Wildman–Crippen LogP) is 4.18. The van der Waals surface area contributed by atoms with Crippen molar-refractivity contribution in [1.29, 1.82) is 0 Å². The minimum Gasteiger partial charge on any atom is -0.388 e. The lowest BCUT2D eigenvalue weighted by Crippen LogP contribution is -2.46. The molecule has 0 aromatic heterocycles. The Balaban J connectivity index is 1.20. The van der Waals surface area contributed by atoms with Crippen LogP contribution in [0.1, 0.15) is 30.4 Å². The van der Waals surface area contributed by atoms with E-state index < -0.39 is 6.09 Å². The fraction of sp³-hybridized carbons (Fsp3) is 0.364. The lowest BCUT2D eigenvalue weighted by molar-refractivity contribution is -0.157. The molecule has 1 amide bonds. The van der Waals surface area contributed by atoms with Crippen LogP contribution in [0.4, 0.5) is 4.79 Å². The molecule has 0 aliphatic carbocycles. The van der Waals surface area contributed by atoms with E-state index in [-0.39, 0.29) is 5.60 Å². The first-order chi connectivity index (χ1) is 14.1. The van der Waals surface area contributed by atoms with E-state index in [1.54, 1.807) is 5.06 Å². The molecule has 0 atom stereocenters. The molecule has 2 aliphatic heterocycles. The molecule has 0 saturated carbocycles. The number of carbonyl (C=O) groups excluding carboxylic acids is 1. The second-order valence-corrected chi connectivity index (χ2v) is 7.90. The maximum absolute atomic E-state index is 12.0. The van der Waals surface area contributed by atoms with Gasteiger partial charge in [-0.05, 0) is 29.7 Å². The SMILES string of the molecule is O=C(NCCc1ccccc1)ON1CCC2(CC1)CC(c1ccc(Cl)cc1)=NO2. The number of rotatable bonds is 5. The van der Waals surface area contributed by atoms with Crippen LogP contribution in [-0.4, -0.2) is 42.1 Å². The minimum atomic E-state index is -0.415. The summed E-state index contributed by atoms with van der Waals surface area (Å²) in [5.74, 6) is 0. The molecule has 7 heteroatoms. The van der Waals surface area contributed by atoms with Gasteiger partial charge in [0.15, 0.2) is 0 Å². The normalized spacial score (nSPS) is 18.2. The molecule has 2 aliphatic rings. The summed E-state index contributed by atoms with van der Waals surface area (Å²) in [4.78, 5) is 23.3. The molecule has 1 saturated heterocycles. The van der Waals surface area contributed by atoms with Crippen LogP contribution in [0, 0.1) is 0 Å². The Hall–Kier alpha value is -2.57. The van der Waals surface area contributed by atoms with Crippen LogP contribution >= 0.6 is 11.6 Å². The Morgan fingerprint density at radius 3 is 2.59 bits per heavy atom. The van der Waals surface area contributed by atoms with Gasteiger partial charge in [0.05, 0.1) is 5.71 Å². The Morgan fingerprint density at radius 1 is 1.14 bits per heavy atom. The van der Waals surface area contributed by atoms with Crippen LogP contribution in [0.15, 0.2) is 59.8 Å². The molecule has 2 heterocycles. The molecule has 0 unspecified atom stereocenters. The monoisotopic (exact) mass is 413 g/mol. The van der Waals surface area contributed by atoms with Crippen molar-refractivity contribution in [2.24, 2.45) is 5.16 Å². The van der Waals surface area contributed by atoms with E-state index >= 15 is 0 Å². The molecule has 1 spiro atoms. The van der Waals surface area contributed by atoms with Crippen molar-refractivity contribution in [3.05, 3.63) is 70.7 Å². The number of hydrogen-bond acceptors (Lipinski definition) is 5. The van der Waals surface area contributed by atoms with Crippen molar-refractivity contribution in [2.75, 3.05) is 19.6 Å².